The molecule has 4 nitrogen and oxygen atoms in total. The van der Waals surface area contributed by atoms with E-state index in [0.717, 1.165) is 29.9 Å². The summed E-state index contributed by atoms with van der Waals surface area (Å²) >= 11 is 3.46. The minimum absolute atomic E-state index is 0.346. The van der Waals surface area contributed by atoms with Gasteiger partial charge in [-0.2, -0.15) is 0 Å². The summed E-state index contributed by atoms with van der Waals surface area (Å²) in [5, 5.41) is 0. The highest BCUT2D eigenvalue weighted by Crippen LogP contribution is 2.31. The molecule has 1 atom stereocenters. The Morgan fingerprint density at radius 1 is 1.65 bits per heavy atom. The quantitative estimate of drug-likeness (QED) is 0.859. The largest absolute Gasteiger partial charge is 0.476 e. The van der Waals surface area contributed by atoms with Crippen molar-refractivity contribution >= 4 is 21.6 Å². The van der Waals surface area contributed by atoms with E-state index in [4.69, 9.17) is 9.47 Å². The van der Waals surface area contributed by atoms with Gasteiger partial charge in [-0.3, -0.25) is 0 Å². The predicted molar refractivity (Wildman–Crippen MR) is 70.7 cm³/mol. The average molecular weight is 301 g/mol. The summed E-state index contributed by atoms with van der Waals surface area (Å²) in [5.41, 5.74) is 1.04. The summed E-state index contributed by atoms with van der Waals surface area (Å²) < 4.78 is 12.0. The number of hydrogen-bond acceptors (Lipinski definition) is 4. The van der Waals surface area contributed by atoms with E-state index in [9.17, 15) is 0 Å². The van der Waals surface area contributed by atoms with Gasteiger partial charge in [-0.15, -0.1) is 0 Å². The normalized spacial score (nSPS) is 20.4. The standard InChI is InChI=1S/C12H17BrN2O2/c1-3-17-12-11(6-10(13)7-14-12)15-4-5-16-8-9(15)2/h6-7,9H,3-5,8H2,1-2H3/t9-/m0/s1. The Balaban J connectivity index is 2.30. The summed E-state index contributed by atoms with van der Waals surface area (Å²) in [6, 6.07) is 2.40. The Hall–Kier alpha value is -0.810. The fourth-order valence-corrected chi connectivity index (χ4v) is 2.27. The van der Waals surface area contributed by atoms with Crippen LogP contribution in [-0.4, -0.2) is 37.4 Å². The highest BCUT2D eigenvalue weighted by atomic mass is 79.9. The van der Waals surface area contributed by atoms with Crippen LogP contribution in [0, 0.1) is 0 Å². The molecule has 1 aromatic rings. The third-order valence-corrected chi connectivity index (χ3v) is 3.19. The molecule has 0 amide bonds. The summed E-state index contributed by atoms with van der Waals surface area (Å²) in [6.07, 6.45) is 1.76. The van der Waals surface area contributed by atoms with Gasteiger partial charge in [0, 0.05) is 23.3 Å². The third kappa shape index (κ3) is 2.90. The van der Waals surface area contributed by atoms with Crippen molar-refractivity contribution < 1.29 is 9.47 Å². The van der Waals surface area contributed by atoms with E-state index in [2.05, 4.69) is 38.8 Å². The first-order valence-electron chi connectivity index (χ1n) is 5.85. The summed E-state index contributed by atoms with van der Waals surface area (Å²) in [6.45, 7) is 7.12. The molecule has 5 heteroatoms. The second-order valence-corrected chi connectivity index (χ2v) is 4.94. The lowest BCUT2D eigenvalue weighted by atomic mass is 10.2. The summed E-state index contributed by atoms with van der Waals surface area (Å²) in [4.78, 5) is 6.61. The van der Waals surface area contributed by atoms with Crippen molar-refractivity contribution in [2.75, 3.05) is 31.3 Å². The molecule has 1 saturated heterocycles. The Bertz CT molecular complexity index is 387. The molecule has 0 aliphatic carbocycles. The van der Waals surface area contributed by atoms with Crippen LogP contribution in [0.5, 0.6) is 5.88 Å². The molecule has 0 saturated carbocycles. The number of aromatic nitrogens is 1. The zero-order chi connectivity index (χ0) is 12.3. The monoisotopic (exact) mass is 300 g/mol. The first-order chi connectivity index (χ1) is 8.22. The molecule has 1 aliphatic heterocycles. The van der Waals surface area contributed by atoms with Gasteiger partial charge in [0.25, 0.3) is 0 Å². The van der Waals surface area contributed by atoms with Crippen LogP contribution >= 0.6 is 15.9 Å². The van der Waals surface area contributed by atoms with Crippen molar-refractivity contribution in [3.63, 3.8) is 0 Å². The molecule has 0 bridgehead atoms. The van der Waals surface area contributed by atoms with Crippen LogP contribution in [0.2, 0.25) is 0 Å². The van der Waals surface area contributed by atoms with Gasteiger partial charge in [-0.25, -0.2) is 4.98 Å². The van der Waals surface area contributed by atoms with Gasteiger partial charge in [0.05, 0.1) is 19.8 Å². The maximum atomic E-state index is 5.58. The molecule has 2 heterocycles. The summed E-state index contributed by atoms with van der Waals surface area (Å²) in [7, 11) is 0. The van der Waals surface area contributed by atoms with Crippen LogP contribution in [0.1, 0.15) is 13.8 Å². The highest BCUT2D eigenvalue weighted by Gasteiger charge is 2.23. The molecule has 2 rings (SSSR count). The molecule has 0 aromatic carbocycles. The van der Waals surface area contributed by atoms with Gasteiger partial charge in [-0.1, -0.05) is 0 Å². The molecule has 1 fully saturated rings. The van der Waals surface area contributed by atoms with Crippen LogP contribution in [0.15, 0.2) is 16.7 Å². The lowest BCUT2D eigenvalue weighted by molar-refractivity contribution is 0.0985. The summed E-state index contributed by atoms with van der Waals surface area (Å²) in [5.74, 6) is 0.699. The second kappa shape index (κ2) is 5.69. The minimum Gasteiger partial charge on any atom is -0.476 e. The molecule has 0 unspecified atom stereocenters. The fraction of sp³-hybridized carbons (Fsp3) is 0.583. The molecule has 0 spiro atoms. The van der Waals surface area contributed by atoms with Crippen molar-refractivity contribution in [2.24, 2.45) is 0 Å². The maximum absolute atomic E-state index is 5.58. The van der Waals surface area contributed by atoms with E-state index < -0.39 is 0 Å². The number of nitrogens with zero attached hydrogens (tertiary/aromatic N) is 2. The van der Waals surface area contributed by atoms with E-state index in [0.29, 0.717) is 18.5 Å². The van der Waals surface area contributed by atoms with E-state index in [1.54, 1.807) is 6.20 Å². The van der Waals surface area contributed by atoms with Crippen LogP contribution in [0.3, 0.4) is 0 Å². The molecular weight excluding hydrogens is 284 g/mol. The number of rotatable bonds is 3. The number of anilines is 1. The van der Waals surface area contributed by atoms with Gasteiger partial charge in [0.15, 0.2) is 0 Å². The second-order valence-electron chi connectivity index (χ2n) is 4.03. The van der Waals surface area contributed by atoms with Gasteiger partial charge >= 0.3 is 0 Å². The van der Waals surface area contributed by atoms with Crippen LogP contribution < -0.4 is 9.64 Å². The molecule has 0 radical (unpaired) electrons. The lowest BCUT2D eigenvalue weighted by Gasteiger charge is -2.35. The van der Waals surface area contributed by atoms with Crippen molar-refractivity contribution in [3.8, 4) is 5.88 Å². The van der Waals surface area contributed by atoms with Crippen molar-refractivity contribution in [1.29, 1.82) is 0 Å². The van der Waals surface area contributed by atoms with E-state index in [1.165, 1.54) is 0 Å². The Morgan fingerprint density at radius 2 is 2.47 bits per heavy atom. The molecule has 17 heavy (non-hydrogen) atoms. The number of ether oxygens (including phenoxy) is 2. The van der Waals surface area contributed by atoms with Crippen LogP contribution in [0.4, 0.5) is 5.69 Å². The molecular formula is C12H17BrN2O2. The first kappa shape index (κ1) is 12.6. The molecule has 1 aromatic heterocycles. The number of morpholine rings is 1. The minimum atomic E-state index is 0.346. The zero-order valence-corrected chi connectivity index (χ0v) is 11.7. The van der Waals surface area contributed by atoms with Crippen molar-refractivity contribution in [3.05, 3.63) is 16.7 Å². The number of halogens is 1. The van der Waals surface area contributed by atoms with Crippen molar-refractivity contribution in [2.45, 2.75) is 19.9 Å². The highest BCUT2D eigenvalue weighted by molar-refractivity contribution is 9.10. The maximum Gasteiger partial charge on any atom is 0.237 e. The van der Waals surface area contributed by atoms with E-state index in [-0.39, 0.29) is 0 Å². The zero-order valence-electron chi connectivity index (χ0n) is 10.1. The fourth-order valence-electron chi connectivity index (χ4n) is 1.95. The van der Waals surface area contributed by atoms with E-state index >= 15 is 0 Å². The van der Waals surface area contributed by atoms with Gasteiger partial charge in [0.2, 0.25) is 5.88 Å². The topological polar surface area (TPSA) is 34.6 Å². The SMILES string of the molecule is CCOc1ncc(Br)cc1N1CCOC[C@@H]1C. The number of pyridine rings is 1. The van der Waals surface area contributed by atoms with Crippen molar-refractivity contribution in [1.82, 2.24) is 4.98 Å². The molecule has 0 N–H and O–H groups in total. The smallest absolute Gasteiger partial charge is 0.237 e. The van der Waals surface area contributed by atoms with Crippen LogP contribution in [-0.2, 0) is 4.74 Å². The van der Waals surface area contributed by atoms with Gasteiger partial charge < -0.3 is 14.4 Å². The first-order valence-corrected chi connectivity index (χ1v) is 6.64. The predicted octanol–water partition coefficient (Wildman–Crippen LogP) is 2.47. The third-order valence-electron chi connectivity index (χ3n) is 2.76. The Kier molecular flexibility index (Phi) is 4.23. The van der Waals surface area contributed by atoms with Gasteiger partial charge in [0.1, 0.15) is 5.69 Å². The average Bonchev–Trinajstić information content (AvgIpc) is 2.32. The van der Waals surface area contributed by atoms with Crippen LogP contribution in [0.25, 0.3) is 0 Å². The number of hydrogen-bond donors (Lipinski definition) is 0. The van der Waals surface area contributed by atoms with Gasteiger partial charge in [-0.05, 0) is 35.8 Å². The Morgan fingerprint density at radius 3 is 3.18 bits per heavy atom. The lowest BCUT2D eigenvalue weighted by Crippen LogP contribution is -2.44. The molecule has 1 aliphatic rings. The Labute approximate surface area is 110 Å². The molecule has 94 valence electrons. The van der Waals surface area contributed by atoms with E-state index in [1.807, 2.05) is 6.92 Å².